The maximum absolute atomic E-state index is 13.4. The number of thioether (sulfide) groups is 1. The number of aromatic nitrogens is 3. The van der Waals surface area contributed by atoms with Crippen molar-refractivity contribution in [2.75, 3.05) is 18.8 Å². The maximum atomic E-state index is 13.4. The summed E-state index contributed by atoms with van der Waals surface area (Å²) in [5, 5.41) is 8.84. The molecule has 1 aromatic heterocycles. The van der Waals surface area contributed by atoms with Gasteiger partial charge in [0.05, 0.1) is 11.7 Å². The van der Waals surface area contributed by atoms with Gasteiger partial charge in [-0.1, -0.05) is 30.0 Å². The first-order valence-corrected chi connectivity index (χ1v) is 11.1. The molecule has 1 aliphatic heterocycles. The Balaban J connectivity index is 1.55. The molecule has 5 nitrogen and oxygen atoms in total. The smallest absolute Gasteiger partial charge is 0.341 e. The summed E-state index contributed by atoms with van der Waals surface area (Å²) in [6, 6.07) is 15.1. The average Bonchev–Trinajstić information content (AvgIpc) is 3.22. The minimum absolute atomic E-state index is 0.0454. The lowest BCUT2D eigenvalue weighted by Crippen LogP contribution is -2.45. The second-order valence-corrected chi connectivity index (χ2v) is 8.44. The summed E-state index contributed by atoms with van der Waals surface area (Å²) in [5.74, 6) is -1.81. The molecule has 0 radical (unpaired) electrons. The van der Waals surface area contributed by atoms with Gasteiger partial charge in [0.15, 0.2) is 11.0 Å². The van der Waals surface area contributed by atoms with E-state index in [0.717, 1.165) is 17.4 Å². The Morgan fingerprint density at radius 1 is 1.06 bits per heavy atom. The fraction of sp³-hybridized carbons (Fsp3) is 0.318. The fourth-order valence-electron chi connectivity index (χ4n) is 3.65. The lowest BCUT2D eigenvalue weighted by atomic mass is 9.97. The zero-order valence-electron chi connectivity index (χ0n) is 16.9. The Morgan fingerprint density at radius 2 is 1.78 bits per heavy atom. The van der Waals surface area contributed by atoms with Gasteiger partial charge in [0.1, 0.15) is 5.82 Å². The van der Waals surface area contributed by atoms with Gasteiger partial charge in [-0.25, -0.2) is 4.39 Å². The number of amides is 1. The van der Waals surface area contributed by atoms with Gasteiger partial charge >= 0.3 is 6.18 Å². The number of hydrogen-bond acceptors (Lipinski definition) is 4. The van der Waals surface area contributed by atoms with Gasteiger partial charge in [0, 0.05) is 24.3 Å². The van der Waals surface area contributed by atoms with Crippen molar-refractivity contribution < 1.29 is 22.4 Å². The first-order chi connectivity index (χ1) is 15.3. The van der Waals surface area contributed by atoms with Crippen LogP contribution in [-0.4, -0.2) is 50.6 Å². The van der Waals surface area contributed by atoms with Crippen molar-refractivity contribution >= 4 is 17.7 Å². The highest BCUT2D eigenvalue weighted by atomic mass is 32.2. The molecule has 1 saturated heterocycles. The molecule has 1 amide bonds. The van der Waals surface area contributed by atoms with E-state index < -0.39 is 12.1 Å². The number of piperidine rings is 1. The highest BCUT2D eigenvalue weighted by Crippen LogP contribution is 2.34. The molecular weight excluding hydrogens is 444 g/mol. The number of benzene rings is 2. The molecule has 10 heteroatoms. The van der Waals surface area contributed by atoms with E-state index in [1.165, 1.54) is 17.0 Å². The molecule has 3 aromatic rings. The predicted molar refractivity (Wildman–Crippen MR) is 113 cm³/mol. The molecule has 1 fully saturated rings. The van der Waals surface area contributed by atoms with Crippen LogP contribution in [0.2, 0.25) is 0 Å². The van der Waals surface area contributed by atoms with E-state index in [1.807, 2.05) is 30.3 Å². The molecule has 2 heterocycles. The van der Waals surface area contributed by atoms with Crippen LogP contribution in [0.25, 0.3) is 17.1 Å². The number of rotatable bonds is 5. The minimum atomic E-state index is -4.30. The minimum Gasteiger partial charge on any atom is -0.341 e. The van der Waals surface area contributed by atoms with Crippen molar-refractivity contribution in [3.05, 3.63) is 60.4 Å². The SMILES string of the molecule is O=C(CSc1nnc(-c2ccc(F)cc2)n1-c1ccccc1)N1CCCC(C(F)(F)F)C1. The lowest BCUT2D eigenvalue weighted by Gasteiger charge is -2.33. The van der Waals surface area contributed by atoms with Crippen LogP contribution in [0, 0.1) is 11.7 Å². The maximum Gasteiger partial charge on any atom is 0.393 e. The van der Waals surface area contributed by atoms with E-state index in [1.54, 1.807) is 16.7 Å². The zero-order chi connectivity index (χ0) is 22.7. The van der Waals surface area contributed by atoms with E-state index in [4.69, 9.17) is 0 Å². The molecule has 1 unspecified atom stereocenters. The molecule has 0 N–H and O–H groups in total. The monoisotopic (exact) mass is 464 g/mol. The normalized spacial score (nSPS) is 16.9. The average molecular weight is 464 g/mol. The highest BCUT2D eigenvalue weighted by Gasteiger charge is 2.42. The van der Waals surface area contributed by atoms with E-state index in [9.17, 15) is 22.4 Å². The number of hydrogen-bond donors (Lipinski definition) is 0. The van der Waals surface area contributed by atoms with Crippen molar-refractivity contribution in [3.8, 4) is 17.1 Å². The summed E-state index contributed by atoms with van der Waals surface area (Å²) in [7, 11) is 0. The molecule has 168 valence electrons. The summed E-state index contributed by atoms with van der Waals surface area (Å²) in [4.78, 5) is 13.9. The number of nitrogens with zero attached hydrogens (tertiary/aromatic N) is 4. The Kier molecular flexibility index (Phi) is 6.50. The summed E-state index contributed by atoms with van der Waals surface area (Å²) in [6.07, 6.45) is -3.93. The zero-order valence-corrected chi connectivity index (χ0v) is 17.7. The molecule has 2 aromatic carbocycles. The summed E-state index contributed by atoms with van der Waals surface area (Å²) in [5.41, 5.74) is 1.40. The van der Waals surface area contributed by atoms with Gasteiger partial charge in [-0.05, 0) is 49.2 Å². The number of para-hydroxylation sites is 1. The molecule has 4 rings (SSSR count). The molecule has 1 aliphatic rings. The first-order valence-electron chi connectivity index (χ1n) is 10.1. The quantitative estimate of drug-likeness (QED) is 0.395. The molecule has 0 bridgehead atoms. The third-order valence-corrected chi connectivity index (χ3v) is 6.23. The van der Waals surface area contributed by atoms with Crippen LogP contribution in [0.3, 0.4) is 0 Å². The van der Waals surface area contributed by atoms with Gasteiger partial charge in [0.2, 0.25) is 5.91 Å². The van der Waals surface area contributed by atoms with Crippen LogP contribution in [0.1, 0.15) is 12.8 Å². The fourth-order valence-corrected chi connectivity index (χ4v) is 4.50. The van der Waals surface area contributed by atoms with E-state index in [2.05, 4.69) is 10.2 Å². The summed E-state index contributed by atoms with van der Waals surface area (Å²) >= 11 is 1.11. The Bertz CT molecular complexity index is 1070. The third kappa shape index (κ3) is 4.95. The Hall–Kier alpha value is -2.88. The molecule has 0 aliphatic carbocycles. The van der Waals surface area contributed by atoms with Crippen molar-refractivity contribution in [1.82, 2.24) is 19.7 Å². The molecule has 0 spiro atoms. The van der Waals surface area contributed by atoms with Crippen LogP contribution in [0.4, 0.5) is 17.6 Å². The third-order valence-electron chi connectivity index (χ3n) is 5.31. The van der Waals surface area contributed by atoms with Gasteiger partial charge in [-0.2, -0.15) is 13.2 Å². The van der Waals surface area contributed by atoms with Crippen LogP contribution in [-0.2, 0) is 4.79 Å². The van der Waals surface area contributed by atoms with Gasteiger partial charge in [-0.15, -0.1) is 10.2 Å². The largest absolute Gasteiger partial charge is 0.393 e. The Labute approximate surface area is 186 Å². The molecular formula is C22H20F4N4OS. The molecule has 0 saturated carbocycles. The molecule has 32 heavy (non-hydrogen) atoms. The second kappa shape index (κ2) is 9.32. The predicted octanol–water partition coefficient (Wildman–Crippen LogP) is 4.97. The summed E-state index contributed by atoms with van der Waals surface area (Å²) in [6.45, 7) is 0.00722. The van der Waals surface area contributed by atoms with Gasteiger partial charge in [0.25, 0.3) is 0 Å². The van der Waals surface area contributed by atoms with Gasteiger partial charge < -0.3 is 4.90 Å². The number of carbonyl (C=O) groups excluding carboxylic acids is 1. The van der Waals surface area contributed by atoms with Crippen LogP contribution in [0.5, 0.6) is 0 Å². The second-order valence-electron chi connectivity index (χ2n) is 7.49. The first kappa shape index (κ1) is 22.3. The van der Waals surface area contributed by atoms with Crippen LogP contribution < -0.4 is 0 Å². The number of halogens is 4. The van der Waals surface area contributed by atoms with Crippen LogP contribution >= 0.6 is 11.8 Å². The van der Waals surface area contributed by atoms with Crippen molar-refractivity contribution in [2.45, 2.75) is 24.2 Å². The van der Waals surface area contributed by atoms with Crippen molar-refractivity contribution in [1.29, 1.82) is 0 Å². The van der Waals surface area contributed by atoms with E-state index >= 15 is 0 Å². The van der Waals surface area contributed by atoms with Gasteiger partial charge in [-0.3, -0.25) is 9.36 Å². The number of likely N-dealkylation sites (tertiary alicyclic amines) is 1. The number of carbonyl (C=O) groups is 1. The topological polar surface area (TPSA) is 51.0 Å². The Morgan fingerprint density at radius 3 is 2.47 bits per heavy atom. The van der Waals surface area contributed by atoms with Crippen molar-refractivity contribution in [3.63, 3.8) is 0 Å². The van der Waals surface area contributed by atoms with Crippen LogP contribution in [0.15, 0.2) is 59.8 Å². The number of alkyl halides is 3. The van der Waals surface area contributed by atoms with E-state index in [0.29, 0.717) is 29.5 Å². The lowest BCUT2D eigenvalue weighted by molar-refractivity contribution is -0.187. The summed E-state index contributed by atoms with van der Waals surface area (Å²) < 4.78 is 54.3. The van der Waals surface area contributed by atoms with E-state index in [-0.39, 0.29) is 30.4 Å². The standard InChI is InChI=1S/C22H20F4N4OS/c23-17-10-8-15(9-11-17)20-27-28-21(30(20)18-6-2-1-3-7-18)32-14-19(31)29-12-4-5-16(13-29)22(24,25)26/h1-3,6-11,16H,4-5,12-14H2. The molecule has 1 atom stereocenters. The van der Waals surface area contributed by atoms with Crippen molar-refractivity contribution in [2.24, 2.45) is 5.92 Å². The highest BCUT2D eigenvalue weighted by molar-refractivity contribution is 7.99.